The van der Waals surface area contributed by atoms with Gasteiger partial charge < -0.3 is 24.5 Å². The molecule has 0 radical (unpaired) electrons. The molecule has 3 heterocycles. The molecule has 26 heavy (non-hydrogen) atoms. The van der Waals surface area contributed by atoms with Crippen LogP contribution in [0.15, 0.2) is 30.5 Å². The molecule has 2 fully saturated rings. The molecule has 142 valence electrons. The van der Waals surface area contributed by atoms with Gasteiger partial charge in [-0.15, -0.1) is 0 Å². The number of nitrogens with one attached hydrogen (secondary N) is 1. The van der Waals surface area contributed by atoms with Crippen LogP contribution in [0.25, 0.3) is 10.9 Å². The number of aliphatic hydroxyl groups is 1. The SMILES string of the molecule is CCN1COC2(CCN(CC(O)COc3cccc4[nH]ccc34)CC2)C1. The van der Waals surface area contributed by atoms with Crippen molar-refractivity contribution in [1.29, 1.82) is 0 Å². The van der Waals surface area contributed by atoms with E-state index in [2.05, 4.69) is 21.7 Å². The maximum absolute atomic E-state index is 10.4. The molecule has 0 bridgehead atoms. The first kappa shape index (κ1) is 17.8. The van der Waals surface area contributed by atoms with E-state index in [1.165, 1.54) is 0 Å². The second-order valence-corrected chi connectivity index (χ2v) is 7.56. The van der Waals surface area contributed by atoms with Crippen LogP contribution in [0.1, 0.15) is 19.8 Å². The van der Waals surface area contributed by atoms with E-state index < -0.39 is 6.10 Å². The molecule has 1 aromatic carbocycles. The fourth-order valence-electron chi connectivity index (χ4n) is 4.09. The Labute approximate surface area is 154 Å². The molecule has 0 amide bonds. The van der Waals surface area contributed by atoms with Crippen molar-refractivity contribution in [3.8, 4) is 5.75 Å². The predicted molar refractivity (Wildman–Crippen MR) is 101 cm³/mol. The smallest absolute Gasteiger partial charge is 0.128 e. The van der Waals surface area contributed by atoms with E-state index in [0.717, 1.165) is 62.4 Å². The van der Waals surface area contributed by atoms with Crippen molar-refractivity contribution < 1.29 is 14.6 Å². The van der Waals surface area contributed by atoms with E-state index in [-0.39, 0.29) is 5.60 Å². The Bertz CT molecular complexity index is 724. The van der Waals surface area contributed by atoms with Crippen molar-refractivity contribution in [2.45, 2.75) is 31.5 Å². The average Bonchev–Trinajstić information content (AvgIpc) is 3.29. The van der Waals surface area contributed by atoms with E-state index >= 15 is 0 Å². The van der Waals surface area contributed by atoms with Crippen LogP contribution in [0.2, 0.25) is 0 Å². The van der Waals surface area contributed by atoms with Gasteiger partial charge in [-0.2, -0.15) is 0 Å². The second kappa shape index (κ2) is 7.56. The normalized spacial score (nSPS) is 22.2. The Morgan fingerprint density at radius 3 is 2.88 bits per heavy atom. The summed E-state index contributed by atoms with van der Waals surface area (Å²) in [6.07, 6.45) is 3.50. The Hall–Kier alpha value is -1.60. The third-order valence-corrected chi connectivity index (χ3v) is 5.73. The van der Waals surface area contributed by atoms with Gasteiger partial charge in [0.2, 0.25) is 0 Å². The predicted octanol–water partition coefficient (Wildman–Crippen LogP) is 2.05. The number of benzene rings is 1. The topological polar surface area (TPSA) is 61.0 Å². The molecule has 1 atom stereocenters. The van der Waals surface area contributed by atoms with E-state index in [9.17, 15) is 5.11 Å². The summed E-state index contributed by atoms with van der Waals surface area (Å²) in [5, 5.41) is 11.5. The van der Waals surface area contributed by atoms with Gasteiger partial charge in [-0.1, -0.05) is 13.0 Å². The lowest BCUT2D eigenvalue weighted by atomic mass is 9.91. The fourth-order valence-corrected chi connectivity index (χ4v) is 4.09. The molecule has 2 N–H and O–H groups in total. The molecular formula is C20H29N3O3. The highest BCUT2D eigenvalue weighted by Gasteiger charge is 2.41. The maximum atomic E-state index is 10.4. The van der Waals surface area contributed by atoms with Crippen molar-refractivity contribution >= 4 is 10.9 Å². The summed E-state index contributed by atoms with van der Waals surface area (Å²) in [4.78, 5) is 7.87. The number of likely N-dealkylation sites (N-methyl/N-ethyl adjacent to an activating group) is 1. The lowest BCUT2D eigenvalue weighted by Crippen LogP contribution is -2.49. The Morgan fingerprint density at radius 2 is 2.12 bits per heavy atom. The highest BCUT2D eigenvalue weighted by molar-refractivity contribution is 5.85. The lowest BCUT2D eigenvalue weighted by molar-refractivity contribution is -0.0470. The zero-order valence-electron chi connectivity index (χ0n) is 15.5. The van der Waals surface area contributed by atoms with Crippen molar-refractivity contribution in [3.05, 3.63) is 30.5 Å². The zero-order valence-corrected chi connectivity index (χ0v) is 15.5. The summed E-state index contributed by atoms with van der Waals surface area (Å²) < 4.78 is 12.0. The fraction of sp³-hybridized carbons (Fsp3) is 0.600. The van der Waals surface area contributed by atoms with Crippen LogP contribution >= 0.6 is 0 Å². The van der Waals surface area contributed by atoms with Crippen LogP contribution in [0.4, 0.5) is 0 Å². The van der Waals surface area contributed by atoms with Crippen LogP contribution in [-0.4, -0.2) is 77.7 Å². The van der Waals surface area contributed by atoms with E-state index in [4.69, 9.17) is 9.47 Å². The number of likely N-dealkylation sites (tertiary alicyclic amines) is 1. The van der Waals surface area contributed by atoms with Crippen molar-refractivity contribution in [3.63, 3.8) is 0 Å². The van der Waals surface area contributed by atoms with Crippen LogP contribution in [0.5, 0.6) is 5.75 Å². The van der Waals surface area contributed by atoms with Crippen molar-refractivity contribution in [1.82, 2.24) is 14.8 Å². The summed E-state index contributed by atoms with van der Waals surface area (Å²) in [5.74, 6) is 0.819. The number of ether oxygens (including phenoxy) is 2. The Morgan fingerprint density at radius 1 is 1.27 bits per heavy atom. The van der Waals surface area contributed by atoms with Gasteiger partial charge >= 0.3 is 0 Å². The zero-order chi connectivity index (χ0) is 18.0. The number of nitrogens with zero attached hydrogens (tertiary/aromatic N) is 2. The molecule has 1 spiro atoms. The molecule has 6 heteroatoms. The molecule has 2 aromatic rings. The molecule has 6 nitrogen and oxygen atoms in total. The summed E-state index contributed by atoms with van der Waals surface area (Å²) in [5.41, 5.74) is 1.09. The average molecular weight is 359 g/mol. The van der Waals surface area contributed by atoms with Crippen molar-refractivity contribution in [2.75, 3.05) is 46.1 Å². The summed E-state index contributed by atoms with van der Waals surface area (Å²) >= 11 is 0. The maximum Gasteiger partial charge on any atom is 0.128 e. The third kappa shape index (κ3) is 3.74. The van der Waals surface area contributed by atoms with E-state index in [1.807, 2.05) is 30.5 Å². The number of piperidine rings is 1. The minimum Gasteiger partial charge on any atom is -0.490 e. The monoisotopic (exact) mass is 359 g/mol. The molecule has 4 rings (SSSR count). The number of fused-ring (bicyclic) bond motifs is 1. The first-order valence-corrected chi connectivity index (χ1v) is 9.63. The highest BCUT2D eigenvalue weighted by atomic mass is 16.5. The molecule has 1 aromatic heterocycles. The molecule has 0 saturated carbocycles. The number of aromatic amines is 1. The summed E-state index contributed by atoms with van der Waals surface area (Å²) in [6.45, 7) is 7.95. The quantitative estimate of drug-likeness (QED) is 0.827. The first-order chi connectivity index (χ1) is 12.7. The van der Waals surface area contributed by atoms with Crippen LogP contribution in [-0.2, 0) is 4.74 Å². The standard InChI is InChI=1S/C20H29N3O3/c1-2-22-14-20(26-15-22)7-10-23(11-8-20)12-16(24)13-25-19-5-3-4-18-17(19)6-9-21-18/h3-6,9,16,21,24H,2,7-8,10-15H2,1H3. The van der Waals surface area contributed by atoms with Crippen LogP contribution in [0.3, 0.4) is 0 Å². The van der Waals surface area contributed by atoms with Gasteiger partial charge in [-0.05, 0) is 37.6 Å². The van der Waals surface area contributed by atoms with Gasteiger partial charge in [0, 0.05) is 43.3 Å². The van der Waals surface area contributed by atoms with Gasteiger partial charge in [0.15, 0.2) is 0 Å². The number of hydrogen-bond acceptors (Lipinski definition) is 5. The van der Waals surface area contributed by atoms with Gasteiger partial charge in [-0.3, -0.25) is 4.90 Å². The number of hydrogen-bond donors (Lipinski definition) is 2. The molecule has 0 aliphatic carbocycles. The van der Waals surface area contributed by atoms with Crippen molar-refractivity contribution in [2.24, 2.45) is 0 Å². The molecule has 2 saturated heterocycles. The molecular weight excluding hydrogens is 330 g/mol. The highest BCUT2D eigenvalue weighted by Crippen LogP contribution is 2.32. The summed E-state index contributed by atoms with van der Waals surface area (Å²) in [6, 6.07) is 7.94. The van der Waals surface area contributed by atoms with Gasteiger partial charge in [0.05, 0.1) is 12.3 Å². The van der Waals surface area contributed by atoms with Gasteiger partial charge in [0.25, 0.3) is 0 Å². The second-order valence-electron chi connectivity index (χ2n) is 7.56. The number of H-pyrrole nitrogens is 1. The molecule has 1 unspecified atom stereocenters. The number of aliphatic hydroxyl groups excluding tert-OH is 1. The number of aromatic nitrogens is 1. The third-order valence-electron chi connectivity index (χ3n) is 5.73. The summed E-state index contributed by atoms with van der Waals surface area (Å²) in [7, 11) is 0. The van der Waals surface area contributed by atoms with E-state index in [1.54, 1.807) is 0 Å². The number of rotatable bonds is 6. The number of β-amino-alcohol motifs (C(OH)–C–C–N with tert-alkyl or cyclic N) is 1. The Kier molecular flexibility index (Phi) is 5.18. The van der Waals surface area contributed by atoms with Crippen LogP contribution < -0.4 is 4.74 Å². The lowest BCUT2D eigenvalue weighted by Gasteiger charge is -2.38. The van der Waals surface area contributed by atoms with E-state index in [0.29, 0.717) is 13.2 Å². The first-order valence-electron chi connectivity index (χ1n) is 9.63. The molecule has 2 aliphatic rings. The van der Waals surface area contributed by atoms with Gasteiger partial charge in [-0.25, -0.2) is 0 Å². The minimum absolute atomic E-state index is 0.0396. The van der Waals surface area contributed by atoms with Gasteiger partial charge in [0.1, 0.15) is 18.5 Å². The minimum atomic E-state index is -0.491. The Balaban J connectivity index is 1.24. The molecule has 2 aliphatic heterocycles. The largest absolute Gasteiger partial charge is 0.490 e. The van der Waals surface area contributed by atoms with Crippen LogP contribution in [0, 0.1) is 0 Å².